The molecular weight excluding hydrogens is 114 g/mol. The second kappa shape index (κ2) is 7.92. The molecule has 56 valence electrons. The van der Waals surface area contributed by atoms with E-state index in [-0.39, 0.29) is 0 Å². The van der Waals surface area contributed by atoms with Gasteiger partial charge >= 0.3 is 0 Å². The summed E-state index contributed by atoms with van der Waals surface area (Å²) < 4.78 is 4.89. The van der Waals surface area contributed by atoms with Gasteiger partial charge in [0.05, 0.1) is 0 Å². The highest BCUT2D eigenvalue weighted by molar-refractivity contribution is 4.68. The molecule has 0 aliphatic carbocycles. The fourth-order valence-electron chi connectivity index (χ4n) is 0.693. The summed E-state index contributed by atoms with van der Waals surface area (Å²) in [5, 5.41) is 3.99. The number of hydrogen-bond acceptors (Lipinski definition) is 1. The lowest BCUT2D eigenvalue weighted by atomic mass is 10.2. The predicted molar refractivity (Wildman–Crippen MR) is 39.9 cm³/mol. The van der Waals surface area contributed by atoms with Gasteiger partial charge in [0.15, 0.2) is 0 Å². The normalized spacial score (nSPS) is 10.0. The zero-order chi connectivity index (χ0) is 6.95. The van der Waals surface area contributed by atoms with E-state index in [4.69, 9.17) is 4.74 Å². The van der Waals surface area contributed by atoms with Crippen molar-refractivity contribution < 1.29 is 4.74 Å². The molecule has 9 heavy (non-hydrogen) atoms. The average molecular weight is 130 g/mol. The first-order chi connectivity index (χ1) is 4.41. The van der Waals surface area contributed by atoms with Crippen molar-refractivity contribution in [3.8, 4) is 0 Å². The summed E-state index contributed by atoms with van der Waals surface area (Å²) in [6.07, 6.45) is 3.62. The molecule has 0 radical (unpaired) electrons. The van der Waals surface area contributed by atoms with Gasteiger partial charge in [-0.15, -0.1) is 6.54 Å². The molecule has 0 aliphatic rings. The number of methoxy groups -OCH3 is 1. The molecule has 0 spiro atoms. The van der Waals surface area contributed by atoms with Crippen LogP contribution >= 0.6 is 0 Å². The largest absolute Gasteiger partial charge is 0.665 e. The number of ether oxygens (including phenoxy) is 1. The van der Waals surface area contributed by atoms with Crippen molar-refractivity contribution >= 4 is 0 Å². The Bertz CT molecular complexity index is 42.2. The second-order valence-electron chi connectivity index (χ2n) is 2.09. The van der Waals surface area contributed by atoms with Crippen molar-refractivity contribution in [3.63, 3.8) is 0 Å². The molecule has 0 atom stereocenters. The molecule has 0 aromatic carbocycles. The summed E-state index contributed by atoms with van der Waals surface area (Å²) in [4.78, 5) is 0. The van der Waals surface area contributed by atoms with Gasteiger partial charge in [-0.1, -0.05) is 12.8 Å². The maximum atomic E-state index is 4.89. The molecule has 0 amide bonds. The zero-order valence-electron chi connectivity index (χ0n) is 6.39. The molecular formula is C7H16NO-. The van der Waals surface area contributed by atoms with Crippen molar-refractivity contribution in [2.75, 3.05) is 27.3 Å². The molecule has 0 bridgehead atoms. The Kier molecular flexibility index (Phi) is 7.85. The van der Waals surface area contributed by atoms with Crippen molar-refractivity contribution in [2.24, 2.45) is 0 Å². The van der Waals surface area contributed by atoms with Gasteiger partial charge in [0.2, 0.25) is 0 Å². The second-order valence-corrected chi connectivity index (χ2v) is 2.09. The summed E-state index contributed by atoms with van der Waals surface area (Å²) in [5.41, 5.74) is 0. The molecule has 0 aromatic rings. The minimum absolute atomic E-state index is 0.893. The summed E-state index contributed by atoms with van der Waals surface area (Å²) in [7, 11) is 3.60. The van der Waals surface area contributed by atoms with Gasteiger partial charge in [-0.05, 0) is 6.42 Å². The van der Waals surface area contributed by atoms with Crippen LogP contribution in [-0.2, 0) is 4.74 Å². The maximum Gasteiger partial charge on any atom is 0.0462 e. The van der Waals surface area contributed by atoms with Crippen LogP contribution in [0, 0.1) is 0 Å². The number of rotatable bonds is 6. The SMILES string of the molecule is C[N-]CCCCCOC. The van der Waals surface area contributed by atoms with Gasteiger partial charge in [0.1, 0.15) is 0 Å². The molecule has 0 fully saturated rings. The number of hydrogen-bond donors (Lipinski definition) is 0. The molecule has 0 N–H and O–H groups in total. The molecule has 2 heteroatoms. The van der Waals surface area contributed by atoms with Crippen LogP contribution in [0.4, 0.5) is 0 Å². The summed E-state index contributed by atoms with van der Waals surface area (Å²) >= 11 is 0. The van der Waals surface area contributed by atoms with Gasteiger partial charge in [0, 0.05) is 13.7 Å². The smallest absolute Gasteiger partial charge is 0.0462 e. The lowest BCUT2D eigenvalue weighted by Crippen LogP contribution is -1.89. The van der Waals surface area contributed by atoms with E-state index in [2.05, 4.69) is 5.32 Å². The van der Waals surface area contributed by atoms with Gasteiger partial charge in [-0.25, -0.2) is 0 Å². The van der Waals surface area contributed by atoms with Crippen LogP contribution < -0.4 is 0 Å². The quantitative estimate of drug-likeness (QED) is 0.503. The van der Waals surface area contributed by atoms with Crippen LogP contribution in [-0.4, -0.2) is 27.3 Å². The van der Waals surface area contributed by atoms with Gasteiger partial charge < -0.3 is 10.1 Å². The molecule has 0 aliphatic heterocycles. The molecule has 0 heterocycles. The minimum atomic E-state index is 0.893. The first-order valence-corrected chi connectivity index (χ1v) is 3.46. The van der Waals surface area contributed by atoms with E-state index in [0.717, 1.165) is 13.2 Å². The van der Waals surface area contributed by atoms with Gasteiger partial charge in [-0.3, -0.25) is 0 Å². The van der Waals surface area contributed by atoms with E-state index in [0.29, 0.717) is 0 Å². The van der Waals surface area contributed by atoms with Crippen molar-refractivity contribution in [2.45, 2.75) is 19.3 Å². The average Bonchev–Trinajstić information content (AvgIpc) is 1.89. The Hall–Kier alpha value is -0.0800. The Morgan fingerprint density at radius 3 is 2.56 bits per heavy atom. The molecule has 0 saturated heterocycles. The third kappa shape index (κ3) is 7.92. The van der Waals surface area contributed by atoms with E-state index in [1.54, 1.807) is 7.11 Å². The predicted octanol–water partition coefficient (Wildman–Crippen LogP) is 1.81. The van der Waals surface area contributed by atoms with Crippen molar-refractivity contribution in [3.05, 3.63) is 5.32 Å². The third-order valence-electron chi connectivity index (χ3n) is 1.23. The van der Waals surface area contributed by atoms with Gasteiger partial charge in [-0.2, -0.15) is 7.05 Å². The molecule has 0 saturated carbocycles. The number of unbranched alkanes of at least 4 members (excludes halogenated alkanes) is 2. The molecule has 0 unspecified atom stereocenters. The first kappa shape index (κ1) is 8.92. The Morgan fingerprint density at radius 1 is 1.22 bits per heavy atom. The topological polar surface area (TPSA) is 23.3 Å². The third-order valence-corrected chi connectivity index (χ3v) is 1.23. The van der Waals surface area contributed by atoms with E-state index in [1.165, 1.54) is 19.3 Å². The lowest BCUT2D eigenvalue weighted by Gasteiger charge is -2.08. The fourth-order valence-corrected chi connectivity index (χ4v) is 0.693. The summed E-state index contributed by atoms with van der Waals surface area (Å²) in [5.74, 6) is 0. The molecule has 2 nitrogen and oxygen atoms in total. The highest BCUT2D eigenvalue weighted by Gasteiger charge is 1.82. The highest BCUT2D eigenvalue weighted by Crippen LogP contribution is 1.96. The maximum absolute atomic E-state index is 4.89. The summed E-state index contributed by atoms with van der Waals surface area (Å²) in [6.45, 7) is 1.90. The molecule has 0 rings (SSSR count). The Morgan fingerprint density at radius 2 is 2.00 bits per heavy atom. The van der Waals surface area contributed by atoms with Crippen LogP contribution in [0.25, 0.3) is 5.32 Å². The van der Waals surface area contributed by atoms with Crippen LogP contribution in [0.2, 0.25) is 0 Å². The van der Waals surface area contributed by atoms with Crippen LogP contribution in [0.15, 0.2) is 0 Å². The van der Waals surface area contributed by atoms with E-state index in [9.17, 15) is 0 Å². The standard InChI is InChI=1S/C7H16NO/c1-8-6-4-3-5-7-9-2/h3-7H2,1-2H3/q-1. The lowest BCUT2D eigenvalue weighted by molar-refractivity contribution is 0.192. The van der Waals surface area contributed by atoms with Crippen LogP contribution in [0.1, 0.15) is 19.3 Å². The van der Waals surface area contributed by atoms with E-state index >= 15 is 0 Å². The highest BCUT2D eigenvalue weighted by atomic mass is 16.5. The van der Waals surface area contributed by atoms with Crippen LogP contribution in [0.3, 0.4) is 0 Å². The Balaban J connectivity index is 2.60. The van der Waals surface area contributed by atoms with Gasteiger partial charge in [0.25, 0.3) is 0 Å². The van der Waals surface area contributed by atoms with E-state index in [1.807, 2.05) is 7.05 Å². The minimum Gasteiger partial charge on any atom is -0.665 e. The van der Waals surface area contributed by atoms with Crippen LogP contribution in [0.5, 0.6) is 0 Å². The monoisotopic (exact) mass is 130 g/mol. The number of nitrogens with zero attached hydrogens (tertiary/aromatic N) is 1. The zero-order valence-corrected chi connectivity index (χ0v) is 6.39. The van der Waals surface area contributed by atoms with E-state index < -0.39 is 0 Å². The molecule has 0 aromatic heterocycles. The summed E-state index contributed by atoms with van der Waals surface area (Å²) in [6, 6.07) is 0. The fraction of sp³-hybridized carbons (Fsp3) is 1.00. The first-order valence-electron chi connectivity index (χ1n) is 3.46. The van der Waals surface area contributed by atoms with Crippen molar-refractivity contribution in [1.82, 2.24) is 0 Å². The van der Waals surface area contributed by atoms with Crippen molar-refractivity contribution in [1.29, 1.82) is 0 Å². The Labute approximate surface area is 57.6 Å².